The van der Waals surface area contributed by atoms with Gasteiger partial charge in [-0.1, -0.05) is 0 Å². The number of anilines is 2. The van der Waals surface area contributed by atoms with E-state index in [4.69, 9.17) is 0 Å². The Bertz CT molecular complexity index is 1150. The Morgan fingerprint density at radius 1 is 1.35 bits per heavy atom. The van der Waals surface area contributed by atoms with Crippen molar-refractivity contribution in [1.82, 2.24) is 20.2 Å². The third-order valence-electron chi connectivity index (χ3n) is 4.46. The molecule has 132 valence electrons. The van der Waals surface area contributed by atoms with Crippen LogP contribution in [0, 0.1) is 0 Å². The molecule has 4 aromatic rings. The third-order valence-corrected chi connectivity index (χ3v) is 10.9. The van der Waals surface area contributed by atoms with Crippen LogP contribution in [0.1, 0.15) is 10.4 Å². The summed E-state index contributed by atoms with van der Waals surface area (Å²) in [5.41, 5.74) is 3.16. The molecule has 3 N–H and O–H groups in total. The number of halogens is 1. The number of aromatic amines is 1. The van der Waals surface area contributed by atoms with Crippen LogP contribution in [0.2, 0.25) is 0 Å². The molecule has 7 nitrogen and oxygen atoms in total. The molecule has 9 heteroatoms. The molecule has 1 aromatic carbocycles. The van der Waals surface area contributed by atoms with Gasteiger partial charge in [-0.15, -0.1) is 0 Å². The number of hydrogen-bond acceptors (Lipinski definition) is 6. The standard InChI is InChI=1S/C17H14IN5O2S/c24-17(25)18-4-3-11-13(6-18)26-16-14(11)15(19-8-20-16)22-10-1-2-12-9(5-10)7-21-23-12/h1-2,5,7-8H,3-4,6H2,(H,21,23)(H,24,25)(H,19,20,22). The van der Waals surface area contributed by atoms with Gasteiger partial charge in [-0.2, -0.15) is 0 Å². The summed E-state index contributed by atoms with van der Waals surface area (Å²) in [6, 6.07) is 6.00. The number of thiophene rings is 1. The molecule has 0 saturated carbocycles. The molecular formula is C17H14IN5O2S. The van der Waals surface area contributed by atoms with Crippen LogP contribution < -0.4 is 5.32 Å². The zero-order valence-electron chi connectivity index (χ0n) is 13.5. The van der Waals surface area contributed by atoms with Gasteiger partial charge < -0.3 is 0 Å². The molecule has 0 bridgehead atoms. The van der Waals surface area contributed by atoms with Crippen molar-refractivity contribution in [2.75, 3.05) is 9.74 Å². The van der Waals surface area contributed by atoms with Gasteiger partial charge in [0, 0.05) is 0 Å². The van der Waals surface area contributed by atoms with Gasteiger partial charge in [0.2, 0.25) is 0 Å². The fourth-order valence-corrected chi connectivity index (χ4v) is 9.26. The number of carboxylic acid groups (broad SMARTS) is 1. The summed E-state index contributed by atoms with van der Waals surface area (Å²) in [5.74, 6) is 0.785. The van der Waals surface area contributed by atoms with Crippen LogP contribution in [0.5, 0.6) is 0 Å². The molecule has 0 amide bonds. The molecule has 0 unspecified atom stereocenters. The van der Waals surface area contributed by atoms with Crippen molar-refractivity contribution in [2.24, 2.45) is 0 Å². The summed E-state index contributed by atoms with van der Waals surface area (Å²) in [4.78, 5) is 22.4. The first-order chi connectivity index (χ1) is 12.7. The molecule has 26 heavy (non-hydrogen) atoms. The zero-order chi connectivity index (χ0) is 17.7. The molecule has 1 aliphatic rings. The van der Waals surface area contributed by atoms with Gasteiger partial charge in [0.05, 0.1) is 0 Å². The van der Waals surface area contributed by atoms with Crippen LogP contribution in [-0.4, -0.2) is 33.7 Å². The predicted octanol–water partition coefficient (Wildman–Crippen LogP) is 4.55. The fraction of sp³-hybridized carbons (Fsp3) is 0.176. The summed E-state index contributed by atoms with van der Waals surface area (Å²) < 4.78 is 0.985. The Morgan fingerprint density at radius 2 is 2.27 bits per heavy atom. The SMILES string of the molecule is O=C(O)I1CCc2c(sc3ncnc(Nc4ccc5[nH]ncc5c4)c23)C1. The Balaban J connectivity index is 1.57. The molecule has 0 spiro atoms. The molecule has 4 heterocycles. The predicted molar refractivity (Wildman–Crippen MR) is 111 cm³/mol. The minimum absolute atomic E-state index is 0.560. The quantitative estimate of drug-likeness (QED) is 0.226. The second-order valence-electron chi connectivity index (χ2n) is 5.99. The Labute approximate surface area is 159 Å². The van der Waals surface area contributed by atoms with Crippen LogP contribution in [0.4, 0.5) is 16.3 Å². The number of benzene rings is 1. The van der Waals surface area contributed by atoms with E-state index in [-0.39, 0.29) is 0 Å². The van der Waals surface area contributed by atoms with Gasteiger partial charge in [-0.05, 0) is 0 Å². The van der Waals surface area contributed by atoms with E-state index in [0.29, 0.717) is 0 Å². The average molecular weight is 479 g/mol. The number of alkyl halides is 2. The van der Waals surface area contributed by atoms with E-state index in [9.17, 15) is 9.90 Å². The van der Waals surface area contributed by atoms with Crippen LogP contribution in [0.3, 0.4) is 0 Å². The van der Waals surface area contributed by atoms with Gasteiger partial charge in [-0.3, -0.25) is 0 Å². The molecular weight excluding hydrogens is 465 g/mol. The van der Waals surface area contributed by atoms with E-state index in [0.717, 1.165) is 47.9 Å². The minimum atomic E-state index is -1.94. The molecule has 1 aliphatic heterocycles. The first-order valence-electron chi connectivity index (χ1n) is 7.99. The summed E-state index contributed by atoms with van der Waals surface area (Å²) in [5, 5.41) is 21.9. The number of carbonyl (C=O) groups is 1. The van der Waals surface area contributed by atoms with Crippen LogP contribution in [0.25, 0.3) is 21.1 Å². The van der Waals surface area contributed by atoms with E-state index >= 15 is 0 Å². The first kappa shape index (κ1) is 15.9. The zero-order valence-corrected chi connectivity index (χ0v) is 16.5. The van der Waals surface area contributed by atoms with Crippen LogP contribution in [0.15, 0.2) is 30.7 Å². The average Bonchev–Trinajstić information content (AvgIpc) is 3.25. The van der Waals surface area contributed by atoms with E-state index < -0.39 is 23.8 Å². The fourth-order valence-electron chi connectivity index (χ4n) is 3.22. The maximum atomic E-state index is 11.4. The number of nitrogens with one attached hydrogen (secondary N) is 2. The van der Waals surface area contributed by atoms with E-state index in [1.165, 1.54) is 10.4 Å². The van der Waals surface area contributed by atoms with Crippen molar-refractivity contribution in [3.63, 3.8) is 0 Å². The summed E-state index contributed by atoms with van der Waals surface area (Å²) >= 11 is -0.317. The third kappa shape index (κ3) is 2.62. The number of H-pyrrole nitrogens is 1. The van der Waals surface area contributed by atoms with Crippen molar-refractivity contribution < 1.29 is 9.90 Å². The summed E-state index contributed by atoms with van der Waals surface area (Å²) in [6.07, 6.45) is 4.17. The molecule has 0 saturated heterocycles. The Hall–Kier alpha value is -2.27. The Morgan fingerprint density at radius 3 is 3.15 bits per heavy atom. The van der Waals surface area contributed by atoms with E-state index in [2.05, 4.69) is 25.5 Å². The van der Waals surface area contributed by atoms with Crippen molar-refractivity contribution in [3.05, 3.63) is 41.2 Å². The molecule has 0 atom stereocenters. The summed E-state index contributed by atoms with van der Waals surface area (Å²) in [6.45, 7) is 0. The van der Waals surface area contributed by atoms with Gasteiger partial charge in [0.1, 0.15) is 0 Å². The van der Waals surface area contributed by atoms with Crippen molar-refractivity contribution in [3.8, 4) is 0 Å². The topological polar surface area (TPSA) is 104 Å². The van der Waals surface area contributed by atoms with Crippen molar-refractivity contribution in [1.29, 1.82) is 0 Å². The van der Waals surface area contributed by atoms with Gasteiger partial charge in [-0.25, -0.2) is 0 Å². The monoisotopic (exact) mass is 479 g/mol. The van der Waals surface area contributed by atoms with Crippen molar-refractivity contribution in [2.45, 2.75) is 10.8 Å². The van der Waals surface area contributed by atoms with Gasteiger partial charge >= 0.3 is 160 Å². The second-order valence-corrected chi connectivity index (χ2v) is 12.4. The molecule has 3 aromatic heterocycles. The van der Waals surface area contributed by atoms with Crippen LogP contribution >= 0.6 is 31.2 Å². The number of nitrogens with zero attached hydrogens (tertiary/aromatic N) is 3. The number of aromatic nitrogens is 4. The van der Waals surface area contributed by atoms with Crippen molar-refractivity contribution >= 4 is 67.8 Å². The normalized spacial score (nSPS) is 15.3. The maximum absolute atomic E-state index is 11.4. The Kier molecular flexibility index (Phi) is 3.78. The van der Waals surface area contributed by atoms with Crippen LogP contribution in [-0.2, 0) is 10.8 Å². The molecule has 0 radical (unpaired) electrons. The molecule has 5 rings (SSSR count). The first-order valence-corrected chi connectivity index (χ1v) is 12.9. The molecule has 0 aliphatic carbocycles. The van der Waals surface area contributed by atoms with E-state index in [1.807, 2.05) is 18.2 Å². The van der Waals surface area contributed by atoms with Gasteiger partial charge in [0.15, 0.2) is 0 Å². The number of hydrogen-bond donors (Lipinski definition) is 3. The van der Waals surface area contributed by atoms with E-state index in [1.54, 1.807) is 23.9 Å². The number of rotatable bonds is 3. The molecule has 0 fully saturated rings. The summed E-state index contributed by atoms with van der Waals surface area (Å²) in [7, 11) is 0. The number of fused-ring (bicyclic) bond motifs is 4. The number of aryl methyl sites for hydroxylation is 1. The van der Waals surface area contributed by atoms with Gasteiger partial charge in [0.25, 0.3) is 0 Å². The second kappa shape index (κ2) is 6.16.